The second-order valence-electron chi connectivity index (χ2n) is 9.83. The summed E-state index contributed by atoms with van der Waals surface area (Å²) in [5.74, 6) is 0.410. The zero-order valence-corrected chi connectivity index (χ0v) is 20.9. The summed E-state index contributed by atoms with van der Waals surface area (Å²) in [6.45, 7) is 5.85. The van der Waals surface area contributed by atoms with Gasteiger partial charge >= 0.3 is 5.97 Å². The van der Waals surface area contributed by atoms with E-state index < -0.39 is 11.6 Å². The van der Waals surface area contributed by atoms with Crippen LogP contribution in [0, 0.1) is 12.8 Å². The number of carbonyl (C=O) groups excluding carboxylic acids is 1. The predicted molar refractivity (Wildman–Crippen MR) is 135 cm³/mol. The number of benzene rings is 2. The van der Waals surface area contributed by atoms with Crippen molar-refractivity contribution < 1.29 is 19.4 Å². The average molecular weight is 478 g/mol. The minimum atomic E-state index is -1.10. The Hall–Kier alpha value is -3.16. The lowest BCUT2D eigenvalue weighted by molar-refractivity contribution is -0.156. The lowest BCUT2D eigenvalue weighted by Gasteiger charge is -2.35. The first-order valence-electron chi connectivity index (χ1n) is 12.2. The fourth-order valence-corrected chi connectivity index (χ4v) is 4.42. The Kier molecular flexibility index (Phi) is 7.28. The van der Waals surface area contributed by atoms with Crippen molar-refractivity contribution in [2.45, 2.75) is 64.2 Å². The largest absolute Gasteiger partial charge is 0.497 e. The number of hydrogen-bond donors (Lipinski definition) is 2. The van der Waals surface area contributed by atoms with Crippen molar-refractivity contribution in [3.05, 3.63) is 65.9 Å². The topological polar surface area (TPSA) is 99.6 Å². The zero-order chi connectivity index (χ0) is 25.2. The molecule has 4 rings (SSSR count). The molecule has 7 heteroatoms. The summed E-state index contributed by atoms with van der Waals surface area (Å²) in [6.07, 6.45) is 1.78. The molecule has 0 spiro atoms. The SMILES string of the molecule is COc1ccc(-n2nc([C@]3(O)CC[C@H](OC(=O)[C@@H](N)C(C)C)CC3)cc2-c2ccc(C)cc2)cc1. The van der Waals surface area contributed by atoms with Crippen molar-refractivity contribution >= 4 is 5.97 Å². The number of nitrogens with two attached hydrogens (primary N) is 1. The maximum absolute atomic E-state index is 12.3. The highest BCUT2D eigenvalue weighted by atomic mass is 16.5. The Balaban J connectivity index is 1.60. The molecule has 1 fully saturated rings. The normalized spacial score (nSPS) is 21.1. The zero-order valence-electron chi connectivity index (χ0n) is 20.9. The summed E-state index contributed by atoms with van der Waals surface area (Å²) in [4.78, 5) is 12.3. The fraction of sp³-hybridized carbons (Fsp3) is 0.429. The van der Waals surface area contributed by atoms with Crippen molar-refractivity contribution in [1.82, 2.24) is 9.78 Å². The maximum atomic E-state index is 12.3. The van der Waals surface area contributed by atoms with Gasteiger partial charge in [0.05, 0.1) is 24.2 Å². The highest BCUT2D eigenvalue weighted by Crippen LogP contribution is 2.39. The van der Waals surface area contributed by atoms with Crippen LogP contribution in [0.2, 0.25) is 0 Å². The van der Waals surface area contributed by atoms with E-state index in [1.165, 1.54) is 5.56 Å². The number of aliphatic hydroxyl groups is 1. The summed E-state index contributed by atoms with van der Waals surface area (Å²) in [6, 6.07) is 17.3. The summed E-state index contributed by atoms with van der Waals surface area (Å²) in [5.41, 5.74) is 9.42. The van der Waals surface area contributed by atoms with Gasteiger partial charge in [-0.2, -0.15) is 5.10 Å². The third-order valence-electron chi connectivity index (χ3n) is 6.88. The Labute approximate surface area is 206 Å². The second-order valence-corrected chi connectivity index (χ2v) is 9.83. The number of rotatable bonds is 7. The van der Waals surface area contributed by atoms with Gasteiger partial charge in [-0.25, -0.2) is 4.68 Å². The second kappa shape index (κ2) is 10.2. The Morgan fingerprint density at radius 2 is 1.74 bits per heavy atom. The van der Waals surface area contributed by atoms with Gasteiger partial charge in [0, 0.05) is 5.56 Å². The van der Waals surface area contributed by atoms with E-state index in [1.54, 1.807) is 7.11 Å². The molecule has 0 amide bonds. The van der Waals surface area contributed by atoms with Crippen LogP contribution in [0.3, 0.4) is 0 Å². The number of ether oxygens (including phenoxy) is 2. The molecule has 1 saturated carbocycles. The number of hydrogen-bond acceptors (Lipinski definition) is 6. The molecule has 7 nitrogen and oxygen atoms in total. The van der Waals surface area contributed by atoms with Gasteiger partial charge in [-0.3, -0.25) is 4.79 Å². The number of nitrogens with zero attached hydrogens (tertiary/aromatic N) is 2. The summed E-state index contributed by atoms with van der Waals surface area (Å²) >= 11 is 0. The maximum Gasteiger partial charge on any atom is 0.323 e. The van der Waals surface area contributed by atoms with Crippen LogP contribution >= 0.6 is 0 Å². The van der Waals surface area contributed by atoms with Gasteiger partial charge in [-0.15, -0.1) is 0 Å². The van der Waals surface area contributed by atoms with Gasteiger partial charge < -0.3 is 20.3 Å². The van der Waals surface area contributed by atoms with E-state index in [0.717, 1.165) is 22.7 Å². The third kappa shape index (κ3) is 5.41. The quantitative estimate of drug-likeness (QED) is 0.486. The molecule has 0 aliphatic heterocycles. The minimum Gasteiger partial charge on any atom is -0.497 e. The number of aromatic nitrogens is 2. The van der Waals surface area contributed by atoms with Crippen LogP contribution in [0.1, 0.15) is 50.8 Å². The van der Waals surface area contributed by atoms with Crippen LogP contribution in [-0.2, 0) is 15.1 Å². The lowest BCUT2D eigenvalue weighted by atomic mass is 9.81. The van der Waals surface area contributed by atoms with Gasteiger partial charge in [0.15, 0.2) is 0 Å². The molecule has 1 aromatic heterocycles. The first kappa shape index (κ1) is 24.9. The highest BCUT2D eigenvalue weighted by molar-refractivity contribution is 5.76. The summed E-state index contributed by atoms with van der Waals surface area (Å²) in [5, 5.41) is 16.5. The van der Waals surface area contributed by atoms with E-state index in [4.69, 9.17) is 20.3 Å². The molecular formula is C28H35N3O4. The van der Waals surface area contributed by atoms with E-state index in [2.05, 4.69) is 31.2 Å². The molecular weight excluding hydrogens is 442 g/mol. The molecule has 35 heavy (non-hydrogen) atoms. The van der Waals surface area contributed by atoms with Gasteiger partial charge in [0.2, 0.25) is 0 Å². The van der Waals surface area contributed by atoms with Crippen molar-refractivity contribution in [1.29, 1.82) is 0 Å². The monoisotopic (exact) mass is 477 g/mol. The number of esters is 1. The number of carbonyl (C=O) groups is 1. The highest BCUT2D eigenvalue weighted by Gasteiger charge is 2.39. The molecule has 1 heterocycles. The molecule has 1 atom stereocenters. The van der Waals surface area contributed by atoms with Crippen LogP contribution in [0.5, 0.6) is 5.75 Å². The van der Waals surface area contributed by atoms with Gasteiger partial charge in [-0.1, -0.05) is 43.7 Å². The van der Waals surface area contributed by atoms with Crippen molar-refractivity contribution in [3.63, 3.8) is 0 Å². The van der Waals surface area contributed by atoms with E-state index in [-0.39, 0.29) is 18.0 Å². The van der Waals surface area contributed by atoms with E-state index >= 15 is 0 Å². The molecule has 186 valence electrons. The predicted octanol–water partition coefficient (Wildman–Crippen LogP) is 4.51. The van der Waals surface area contributed by atoms with Crippen molar-refractivity contribution in [2.24, 2.45) is 11.7 Å². The third-order valence-corrected chi connectivity index (χ3v) is 6.88. The van der Waals surface area contributed by atoms with Crippen molar-refractivity contribution in [3.8, 4) is 22.7 Å². The van der Waals surface area contributed by atoms with Gasteiger partial charge in [0.1, 0.15) is 23.5 Å². The molecule has 1 aliphatic carbocycles. The molecule has 0 unspecified atom stereocenters. The summed E-state index contributed by atoms with van der Waals surface area (Å²) < 4.78 is 12.8. The molecule has 2 aromatic carbocycles. The molecule has 1 aliphatic rings. The molecule has 0 radical (unpaired) electrons. The van der Waals surface area contributed by atoms with E-state index in [9.17, 15) is 9.90 Å². The molecule has 0 saturated heterocycles. The number of methoxy groups -OCH3 is 1. The van der Waals surface area contributed by atoms with Crippen LogP contribution < -0.4 is 10.5 Å². The smallest absolute Gasteiger partial charge is 0.323 e. The summed E-state index contributed by atoms with van der Waals surface area (Å²) in [7, 11) is 1.64. The van der Waals surface area contributed by atoms with Crippen molar-refractivity contribution in [2.75, 3.05) is 7.11 Å². The Morgan fingerprint density at radius 1 is 1.11 bits per heavy atom. The Morgan fingerprint density at radius 3 is 2.31 bits per heavy atom. The van der Waals surface area contributed by atoms with E-state index in [0.29, 0.717) is 31.4 Å². The fourth-order valence-electron chi connectivity index (χ4n) is 4.42. The molecule has 3 N–H and O–H groups in total. The first-order valence-corrected chi connectivity index (χ1v) is 12.2. The standard InChI is InChI=1S/C28H35N3O4/c1-18(2)26(29)27(32)35-23-13-15-28(33,16-14-23)25-17-24(20-7-5-19(3)6-8-20)31(30-25)21-9-11-22(34-4)12-10-21/h5-12,17-18,23,26,33H,13-16,29H2,1-4H3/t23-,26-,28-/m0/s1. The average Bonchev–Trinajstić information content (AvgIpc) is 3.32. The van der Waals surface area contributed by atoms with Gasteiger partial charge in [0.25, 0.3) is 0 Å². The van der Waals surface area contributed by atoms with Gasteiger partial charge in [-0.05, 0) is 68.9 Å². The first-order chi connectivity index (χ1) is 16.7. The van der Waals surface area contributed by atoms with Crippen LogP contribution in [0.15, 0.2) is 54.6 Å². The number of aryl methyl sites for hydroxylation is 1. The molecule has 0 bridgehead atoms. The Bertz CT molecular complexity index is 1140. The minimum absolute atomic E-state index is 0.0186. The van der Waals surface area contributed by atoms with Crippen LogP contribution in [-0.4, -0.2) is 40.1 Å². The van der Waals surface area contributed by atoms with E-state index in [1.807, 2.05) is 48.9 Å². The van der Waals surface area contributed by atoms with Crippen LogP contribution in [0.4, 0.5) is 0 Å². The van der Waals surface area contributed by atoms with Crippen LogP contribution in [0.25, 0.3) is 16.9 Å². The lowest BCUT2D eigenvalue weighted by Crippen LogP contribution is -2.41. The molecule has 3 aromatic rings.